The van der Waals surface area contributed by atoms with Crippen LogP contribution in [0.4, 0.5) is 5.82 Å². The molecule has 29 heavy (non-hydrogen) atoms. The van der Waals surface area contributed by atoms with Crippen molar-refractivity contribution in [1.29, 1.82) is 0 Å². The van der Waals surface area contributed by atoms with E-state index in [0.717, 1.165) is 28.3 Å². The van der Waals surface area contributed by atoms with Gasteiger partial charge in [-0.25, -0.2) is 4.98 Å². The lowest BCUT2D eigenvalue weighted by Gasteiger charge is -2.08. The van der Waals surface area contributed by atoms with Crippen molar-refractivity contribution in [2.45, 2.75) is 13.8 Å². The van der Waals surface area contributed by atoms with Crippen molar-refractivity contribution in [3.63, 3.8) is 0 Å². The number of thiazole rings is 1. The quantitative estimate of drug-likeness (QED) is 0.515. The van der Waals surface area contributed by atoms with Gasteiger partial charge < -0.3 is 10.1 Å². The summed E-state index contributed by atoms with van der Waals surface area (Å²) in [5.41, 5.74) is 4.13. The summed E-state index contributed by atoms with van der Waals surface area (Å²) in [4.78, 5) is 17.5. The third-order valence-corrected chi connectivity index (χ3v) is 5.32. The van der Waals surface area contributed by atoms with Gasteiger partial charge in [-0.1, -0.05) is 30.3 Å². The van der Waals surface area contributed by atoms with E-state index < -0.39 is 0 Å². The average Bonchev–Trinajstić information content (AvgIpc) is 3.35. The number of hydrogen-bond acceptors (Lipinski definition) is 5. The van der Waals surface area contributed by atoms with E-state index in [1.54, 1.807) is 11.8 Å². The number of carbonyl (C=O) groups is 1. The van der Waals surface area contributed by atoms with Crippen LogP contribution in [0.15, 0.2) is 60.0 Å². The molecule has 0 spiro atoms. The summed E-state index contributed by atoms with van der Waals surface area (Å²) in [5, 5.41) is 10.1. The fourth-order valence-corrected chi connectivity index (χ4v) is 3.82. The second-order valence-corrected chi connectivity index (χ2v) is 7.44. The highest BCUT2D eigenvalue weighted by Crippen LogP contribution is 2.28. The fourth-order valence-electron chi connectivity index (χ4n) is 3.02. The number of nitrogens with one attached hydrogen (secondary N) is 1. The average molecular weight is 404 g/mol. The second kappa shape index (κ2) is 7.89. The van der Waals surface area contributed by atoms with Crippen molar-refractivity contribution in [1.82, 2.24) is 14.8 Å². The van der Waals surface area contributed by atoms with Gasteiger partial charge in [-0.2, -0.15) is 9.78 Å². The van der Waals surface area contributed by atoms with E-state index in [4.69, 9.17) is 9.72 Å². The Bertz CT molecular complexity index is 1180. The molecule has 0 saturated heterocycles. The van der Waals surface area contributed by atoms with Gasteiger partial charge in [-0.3, -0.25) is 4.79 Å². The maximum Gasteiger partial charge on any atom is 0.257 e. The number of ether oxygens (including phenoxy) is 1. The van der Waals surface area contributed by atoms with Crippen LogP contribution in [0.3, 0.4) is 0 Å². The van der Waals surface area contributed by atoms with E-state index in [2.05, 4.69) is 10.4 Å². The molecule has 1 N–H and O–H groups in total. The molecule has 1 amide bonds. The van der Waals surface area contributed by atoms with Crippen molar-refractivity contribution >= 4 is 23.1 Å². The largest absolute Gasteiger partial charge is 0.497 e. The van der Waals surface area contributed by atoms with Gasteiger partial charge in [0.2, 0.25) is 5.13 Å². The molecule has 0 unspecified atom stereocenters. The molecule has 0 bridgehead atoms. The topological polar surface area (TPSA) is 69.0 Å². The van der Waals surface area contributed by atoms with Crippen LogP contribution in [0, 0.1) is 13.8 Å². The van der Waals surface area contributed by atoms with Crippen LogP contribution in [-0.2, 0) is 0 Å². The van der Waals surface area contributed by atoms with Crippen LogP contribution in [0.2, 0.25) is 0 Å². The number of nitrogens with zero attached hydrogens (tertiary/aromatic N) is 3. The fraction of sp³-hybridized carbons (Fsp3) is 0.136. The molecule has 0 aliphatic carbocycles. The Kier molecular flexibility index (Phi) is 5.14. The van der Waals surface area contributed by atoms with Crippen LogP contribution >= 0.6 is 11.3 Å². The lowest BCUT2D eigenvalue weighted by Crippen LogP contribution is -2.16. The van der Waals surface area contributed by atoms with Crippen molar-refractivity contribution in [2.75, 3.05) is 12.4 Å². The Morgan fingerprint density at radius 3 is 2.72 bits per heavy atom. The Morgan fingerprint density at radius 2 is 1.93 bits per heavy atom. The summed E-state index contributed by atoms with van der Waals surface area (Å²) in [6, 6.07) is 17.1. The van der Waals surface area contributed by atoms with Gasteiger partial charge in [-0.05, 0) is 37.6 Å². The monoisotopic (exact) mass is 404 g/mol. The highest BCUT2D eigenvalue weighted by Gasteiger charge is 2.16. The lowest BCUT2D eigenvalue weighted by molar-refractivity contribution is 0.102. The minimum Gasteiger partial charge on any atom is -0.497 e. The van der Waals surface area contributed by atoms with Crippen molar-refractivity contribution in [3.8, 4) is 22.1 Å². The molecule has 4 rings (SSSR count). The standard InChI is InChI=1S/C22H20N4O2S/c1-14-7-4-5-10-18(14)21(27)24-20-11-15(2)25-26(20)22-23-19(13-29-22)16-8-6-9-17(12-16)28-3/h4-13H,1-3H3,(H,24,27). The van der Waals surface area contributed by atoms with Crippen LogP contribution in [-0.4, -0.2) is 27.8 Å². The molecular formula is C22H20N4O2S. The third-order valence-electron chi connectivity index (χ3n) is 4.50. The SMILES string of the molecule is COc1cccc(-c2csc(-n3nc(C)cc3NC(=O)c3ccccc3C)n2)c1. The molecule has 0 atom stereocenters. The maximum absolute atomic E-state index is 12.7. The summed E-state index contributed by atoms with van der Waals surface area (Å²) >= 11 is 1.46. The van der Waals surface area contributed by atoms with Crippen LogP contribution in [0.25, 0.3) is 16.4 Å². The number of rotatable bonds is 5. The summed E-state index contributed by atoms with van der Waals surface area (Å²) in [7, 11) is 1.64. The minimum atomic E-state index is -0.172. The molecule has 6 nitrogen and oxygen atoms in total. The number of methoxy groups -OCH3 is 1. The molecule has 0 aliphatic rings. The summed E-state index contributed by atoms with van der Waals surface area (Å²) in [5.74, 6) is 1.19. The van der Waals surface area contributed by atoms with Gasteiger partial charge in [-0.15, -0.1) is 11.3 Å². The Labute approximate surface area is 172 Å². The molecule has 0 saturated carbocycles. The first-order valence-electron chi connectivity index (χ1n) is 9.09. The zero-order valence-corrected chi connectivity index (χ0v) is 17.2. The smallest absolute Gasteiger partial charge is 0.257 e. The molecule has 0 radical (unpaired) electrons. The molecule has 0 fully saturated rings. The van der Waals surface area contributed by atoms with E-state index in [0.29, 0.717) is 16.5 Å². The van der Waals surface area contributed by atoms with Gasteiger partial charge in [0.15, 0.2) is 0 Å². The number of aryl methyl sites for hydroxylation is 2. The Hall–Kier alpha value is -3.45. The van der Waals surface area contributed by atoms with Gasteiger partial charge in [0.1, 0.15) is 11.6 Å². The van der Waals surface area contributed by atoms with Gasteiger partial charge in [0.05, 0.1) is 18.5 Å². The number of anilines is 1. The summed E-state index contributed by atoms with van der Waals surface area (Å²) < 4.78 is 6.96. The van der Waals surface area contributed by atoms with Crippen LogP contribution < -0.4 is 10.1 Å². The van der Waals surface area contributed by atoms with Gasteiger partial charge >= 0.3 is 0 Å². The highest BCUT2D eigenvalue weighted by atomic mass is 32.1. The van der Waals surface area contributed by atoms with Gasteiger partial charge in [0, 0.05) is 22.6 Å². The van der Waals surface area contributed by atoms with E-state index >= 15 is 0 Å². The number of aromatic nitrogens is 3. The first-order valence-corrected chi connectivity index (χ1v) is 9.97. The maximum atomic E-state index is 12.7. The predicted molar refractivity (Wildman–Crippen MR) is 115 cm³/mol. The van der Waals surface area contributed by atoms with Crippen LogP contribution in [0.1, 0.15) is 21.6 Å². The molecular weight excluding hydrogens is 384 g/mol. The predicted octanol–water partition coefficient (Wildman–Crippen LogP) is 4.87. The molecule has 0 aliphatic heterocycles. The molecule has 2 aromatic heterocycles. The number of amides is 1. The summed E-state index contributed by atoms with van der Waals surface area (Å²) in [6.07, 6.45) is 0. The van der Waals surface area contributed by atoms with Crippen molar-refractivity contribution < 1.29 is 9.53 Å². The Balaban J connectivity index is 1.64. The van der Waals surface area contributed by atoms with Crippen molar-refractivity contribution in [3.05, 3.63) is 76.8 Å². The minimum absolute atomic E-state index is 0.172. The number of benzene rings is 2. The normalized spacial score (nSPS) is 10.7. The van der Waals surface area contributed by atoms with E-state index in [9.17, 15) is 4.79 Å². The first kappa shape index (κ1) is 18.9. The molecule has 4 aromatic rings. The highest BCUT2D eigenvalue weighted by molar-refractivity contribution is 7.12. The second-order valence-electron chi connectivity index (χ2n) is 6.60. The molecule has 2 heterocycles. The molecule has 146 valence electrons. The molecule has 7 heteroatoms. The molecule has 2 aromatic carbocycles. The van der Waals surface area contributed by atoms with E-state index in [1.807, 2.05) is 73.8 Å². The van der Waals surface area contributed by atoms with Gasteiger partial charge in [0.25, 0.3) is 5.91 Å². The van der Waals surface area contributed by atoms with E-state index in [-0.39, 0.29) is 5.91 Å². The van der Waals surface area contributed by atoms with E-state index in [1.165, 1.54) is 11.3 Å². The number of hydrogen-bond donors (Lipinski definition) is 1. The zero-order chi connectivity index (χ0) is 20.4. The summed E-state index contributed by atoms with van der Waals surface area (Å²) in [6.45, 7) is 3.80. The van der Waals surface area contributed by atoms with Crippen molar-refractivity contribution in [2.24, 2.45) is 0 Å². The lowest BCUT2D eigenvalue weighted by atomic mass is 10.1. The Morgan fingerprint density at radius 1 is 1.10 bits per heavy atom. The first-order chi connectivity index (χ1) is 14.0. The number of carbonyl (C=O) groups excluding carboxylic acids is 1. The third kappa shape index (κ3) is 3.90. The zero-order valence-electron chi connectivity index (χ0n) is 16.3. The van der Waals surface area contributed by atoms with Crippen LogP contribution in [0.5, 0.6) is 5.75 Å².